The maximum absolute atomic E-state index is 14.3. The largest absolute Gasteiger partial charge is 0.345 e. The minimum atomic E-state index is -0.428. The van der Waals surface area contributed by atoms with E-state index in [2.05, 4.69) is 30.2 Å². The predicted octanol–water partition coefficient (Wildman–Crippen LogP) is 3.59. The minimum absolute atomic E-state index is 0.194. The van der Waals surface area contributed by atoms with Crippen LogP contribution in [0, 0.1) is 12.7 Å². The van der Waals surface area contributed by atoms with Crippen molar-refractivity contribution in [2.24, 2.45) is 0 Å². The first kappa shape index (κ1) is 19.3. The highest BCUT2D eigenvalue weighted by atomic mass is 19.1. The molecule has 1 aromatic carbocycles. The Bertz CT molecular complexity index is 1280. The molecule has 0 atom stereocenters. The standard InChI is InChI=1S/C22H21FN6O2/c1-13-20-15(11-17(25-22(20)31-28-13)14-7-4-5-8-16(14)23)21(30)24-12-19-27-26-18-9-3-2-6-10-29(18)19/h4-5,7-8,11H,2-3,6,9-10,12H2,1H3,(H,24,30). The molecular weight excluding hydrogens is 399 g/mol. The van der Waals surface area contributed by atoms with E-state index < -0.39 is 5.82 Å². The maximum Gasteiger partial charge on any atom is 0.259 e. The van der Waals surface area contributed by atoms with Crippen LogP contribution >= 0.6 is 0 Å². The monoisotopic (exact) mass is 420 g/mol. The molecule has 3 aromatic heterocycles. The SMILES string of the molecule is Cc1noc2nc(-c3ccccc3F)cc(C(=O)NCc3nnc4n3CCCCC4)c12. The van der Waals surface area contributed by atoms with Crippen LogP contribution in [-0.2, 0) is 19.5 Å². The second kappa shape index (κ2) is 7.90. The minimum Gasteiger partial charge on any atom is -0.345 e. The van der Waals surface area contributed by atoms with Gasteiger partial charge in [0, 0.05) is 18.5 Å². The molecule has 1 aliphatic rings. The number of nitrogens with zero attached hydrogens (tertiary/aromatic N) is 5. The summed E-state index contributed by atoms with van der Waals surface area (Å²) in [6, 6.07) is 7.85. The summed E-state index contributed by atoms with van der Waals surface area (Å²) in [4.78, 5) is 17.5. The molecular formula is C22H21FN6O2. The average Bonchev–Trinajstić information content (AvgIpc) is 3.26. The lowest BCUT2D eigenvalue weighted by molar-refractivity contribution is 0.0951. The molecule has 0 saturated carbocycles. The molecule has 4 heterocycles. The summed E-state index contributed by atoms with van der Waals surface area (Å²) in [7, 11) is 0. The van der Waals surface area contributed by atoms with Crippen LogP contribution in [0.1, 0.15) is 47.0 Å². The molecule has 0 spiro atoms. The van der Waals surface area contributed by atoms with Gasteiger partial charge in [-0.05, 0) is 38.0 Å². The summed E-state index contributed by atoms with van der Waals surface area (Å²) in [5, 5.41) is 15.9. The molecule has 8 nitrogen and oxygen atoms in total. The highest BCUT2D eigenvalue weighted by Crippen LogP contribution is 2.28. The fourth-order valence-electron chi connectivity index (χ4n) is 4.01. The van der Waals surface area contributed by atoms with Crippen LogP contribution < -0.4 is 5.32 Å². The van der Waals surface area contributed by atoms with Crippen molar-refractivity contribution in [3.63, 3.8) is 0 Å². The Kier molecular flexibility index (Phi) is 4.93. The fraction of sp³-hybridized carbons (Fsp3) is 0.318. The van der Waals surface area contributed by atoms with Crippen LogP contribution in [0.15, 0.2) is 34.9 Å². The zero-order valence-electron chi connectivity index (χ0n) is 17.1. The quantitative estimate of drug-likeness (QED) is 0.542. The number of aromatic nitrogens is 5. The topological polar surface area (TPSA) is 98.7 Å². The molecule has 0 fully saturated rings. The summed E-state index contributed by atoms with van der Waals surface area (Å²) in [6.07, 6.45) is 4.24. The highest BCUT2D eigenvalue weighted by Gasteiger charge is 2.21. The second-order valence-corrected chi connectivity index (χ2v) is 7.66. The lowest BCUT2D eigenvalue weighted by Crippen LogP contribution is -2.25. The van der Waals surface area contributed by atoms with Crippen LogP contribution in [-0.4, -0.2) is 30.8 Å². The lowest BCUT2D eigenvalue weighted by Gasteiger charge is -2.10. The first-order valence-corrected chi connectivity index (χ1v) is 10.3. The number of amides is 1. The lowest BCUT2D eigenvalue weighted by atomic mass is 10.0. The van der Waals surface area contributed by atoms with Crippen LogP contribution in [0.3, 0.4) is 0 Å². The van der Waals surface area contributed by atoms with Gasteiger partial charge in [-0.25, -0.2) is 9.37 Å². The van der Waals surface area contributed by atoms with Crippen molar-refractivity contribution in [1.29, 1.82) is 0 Å². The van der Waals surface area contributed by atoms with Crippen molar-refractivity contribution in [1.82, 2.24) is 30.2 Å². The predicted molar refractivity (Wildman–Crippen MR) is 111 cm³/mol. The Morgan fingerprint density at radius 2 is 2.10 bits per heavy atom. The number of rotatable bonds is 4. The van der Waals surface area contributed by atoms with Crippen molar-refractivity contribution in [3.05, 3.63) is 59.1 Å². The summed E-state index contributed by atoms with van der Waals surface area (Å²) in [5.41, 5.74) is 1.67. The van der Waals surface area contributed by atoms with Crippen molar-refractivity contribution in [3.8, 4) is 11.3 Å². The first-order chi connectivity index (χ1) is 15.1. The molecule has 4 aromatic rings. The van der Waals surface area contributed by atoms with Gasteiger partial charge < -0.3 is 14.4 Å². The van der Waals surface area contributed by atoms with E-state index in [1.807, 2.05) is 0 Å². The Labute approximate surface area is 177 Å². The third-order valence-corrected chi connectivity index (χ3v) is 5.60. The molecule has 0 radical (unpaired) electrons. The van der Waals surface area contributed by atoms with Gasteiger partial charge in [0.05, 0.1) is 28.9 Å². The van der Waals surface area contributed by atoms with Gasteiger partial charge in [-0.1, -0.05) is 23.7 Å². The first-order valence-electron chi connectivity index (χ1n) is 10.3. The molecule has 158 valence electrons. The Morgan fingerprint density at radius 1 is 1.23 bits per heavy atom. The maximum atomic E-state index is 14.3. The van der Waals surface area contributed by atoms with E-state index in [0.717, 1.165) is 43.9 Å². The second-order valence-electron chi connectivity index (χ2n) is 7.66. The molecule has 9 heteroatoms. The molecule has 0 aliphatic carbocycles. The van der Waals surface area contributed by atoms with Crippen molar-refractivity contribution >= 4 is 17.0 Å². The number of fused-ring (bicyclic) bond motifs is 2. The van der Waals surface area contributed by atoms with Gasteiger partial charge >= 0.3 is 0 Å². The van der Waals surface area contributed by atoms with E-state index in [1.54, 1.807) is 31.2 Å². The van der Waals surface area contributed by atoms with Crippen LogP contribution in [0.4, 0.5) is 4.39 Å². The molecule has 1 N–H and O–H groups in total. The molecule has 0 bridgehead atoms. The summed E-state index contributed by atoms with van der Waals surface area (Å²) >= 11 is 0. The zero-order valence-corrected chi connectivity index (χ0v) is 17.1. The molecule has 0 saturated heterocycles. The van der Waals surface area contributed by atoms with E-state index in [0.29, 0.717) is 22.3 Å². The fourth-order valence-corrected chi connectivity index (χ4v) is 4.01. The highest BCUT2D eigenvalue weighted by molar-refractivity contribution is 6.06. The molecule has 1 amide bonds. The smallest absolute Gasteiger partial charge is 0.259 e. The van der Waals surface area contributed by atoms with Crippen LogP contribution in [0.25, 0.3) is 22.4 Å². The number of hydrogen-bond donors (Lipinski definition) is 1. The number of benzene rings is 1. The van der Waals surface area contributed by atoms with Gasteiger partial charge in [-0.2, -0.15) is 0 Å². The Morgan fingerprint density at radius 3 is 2.97 bits per heavy atom. The van der Waals surface area contributed by atoms with E-state index in [4.69, 9.17) is 4.52 Å². The number of nitrogens with one attached hydrogen (secondary N) is 1. The molecule has 5 rings (SSSR count). The molecule has 31 heavy (non-hydrogen) atoms. The van der Waals surface area contributed by atoms with E-state index in [-0.39, 0.29) is 23.7 Å². The number of pyridine rings is 1. The molecule has 1 aliphatic heterocycles. The summed E-state index contributed by atoms with van der Waals surface area (Å²) < 4.78 is 21.7. The number of aryl methyl sites for hydroxylation is 2. The Balaban J connectivity index is 1.48. The van der Waals surface area contributed by atoms with E-state index >= 15 is 0 Å². The van der Waals surface area contributed by atoms with Gasteiger partial charge in [0.15, 0.2) is 5.82 Å². The van der Waals surface area contributed by atoms with Gasteiger partial charge in [-0.15, -0.1) is 10.2 Å². The average molecular weight is 420 g/mol. The normalized spacial score (nSPS) is 13.7. The van der Waals surface area contributed by atoms with Gasteiger partial charge in [0.2, 0.25) is 0 Å². The van der Waals surface area contributed by atoms with Crippen molar-refractivity contribution < 1.29 is 13.7 Å². The number of carbonyl (C=O) groups excluding carboxylic acids is 1. The third-order valence-electron chi connectivity index (χ3n) is 5.60. The van der Waals surface area contributed by atoms with Crippen molar-refractivity contribution in [2.45, 2.75) is 45.7 Å². The van der Waals surface area contributed by atoms with Crippen molar-refractivity contribution in [2.75, 3.05) is 0 Å². The van der Waals surface area contributed by atoms with Gasteiger partial charge in [-0.3, -0.25) is 4.79 Å². The summed E-state index contributed by atoms with van der Waals surface area (Å²) in [6.45, 7) is 2.84. The molecule has 0 unspecified atom stereocenters. The van der Waals surface area contributed by atoms with Gasteiger partial charge in [0.25, 0.3) is 11.6 Å². The Hall–Kier alpha value is -3.62. The number of hydrogen-bond acceptors (Lipinski definition) is 6. The third kappa shape index (κ3) is 3.56. The number of carbonyl (C=O) groups is 1. The van der Waals surface area contributed by atoms with E-state index in [9.17, 15) is 9.18 Å². The van der Waals surface area contributed by atoms with Crippen LogP contribution in [0.5, 0.6) is 0 Å². The zero-order chi connectivity index (χ0) is 21.4. The van der Waals surface area contributed by atoms with Gasteiger partial charge in [0.1, 0.15) is 11.6 Å². The number of halogens is 1. The summed E-state index contributed by atoms with van der Waals surface area (Å²) in [5.74, 6) is 0.932. The van der Waals surface area contributed by atoms with Crippen LogP contribution in [0.2, 0.25) is 0 Å². The van der Waals surface area contributed by atoms with E-state index in [1.165, 1.54) is 6.07 Å².